The van der Waals surface area contributed by atoms with E-state index in [9.17, 15) is 4.79 Å². The molecule has 0 radical (unpaired) electrons. The summed E-state index contributed by atoms with van der Waals surface area (Å²) in [5.41, 5.74) is 1.67. The highest BCUT2D eigenvalue weighted by Gasteiger charge is 2.06. The number of hydrogen-bond donors (Lipinski definition) is 0. The summed E-state index contributed by atoms with van der Waals surface area (Å²) in [7, 11) is 1.57. The minimum absolute atomic E-state index is 0.197. The third kappa shape index (κ3) is 3.73. The highest BCUT2D eigenvalue weighted by Crippen LogP contribution is 2.25. The number of benzene rings is 2. The van der Waals surface area contributed by atoms with Crippen LogP contribution in [0.25, 0.3) is 23.1 Å². The average Bonchev–Trinajstić information content (AvgIpc) is 2.64. The maximum absolute atomic E-state index is 11.8. The number of terminal acetylenes is 1. The highest BCUT2D eigenvalue weighted by molar-refractivity contribution is 5.90. The average molecular weight is 332 g/mol. The summed E-state index contributed by atoms with van der Waals surface area (Å²) in [6.07, 6.45) is 8.98. The molecule has 0 atom stereocenters. The van der Waals surface area contributed by atoms with Crippen molar-refractivity contribution in [3.8, 4) is 23.8 Å². The van der Waals surface area contributed by atoms with Gasteiger partial charge in [-0.2, -0.15) is 0 Å². The van der Waals surface area contributed by atoms with Gasteiger partial charge in [-0.05, 0) is 23.8 Å². The Labute approximate surface area is 145 Å². The molecule has 0 unspecified atom stereocenters. The Bertz CT molecular complexity index is 1020. The van der Waals surface area contributed by atoms with E-state index in [4.69, 9.17) is 20.3 Å². The fraction of sp³-hybridized carbons (Fsp3) is 0.0952. The van der Waals surface area contributed by atoms with Gasteiger partial charge >= 0.3 is 5.63 Å². The van der Waals surface area contributed by atoms with Crippen molar-refractivity contribution >= 4 is 23.1 Å². The Hall–Kier alpha value is -3.45. The van der Waals surface area contributed by atoms with Gasteiger partial charge in [0.05, 0.1) is 7.11 Å². The first-order valence-corrected chi connectivity index (χ1v) is 7.66. The van der Waals surface area contributed by atoms with Gasteiger partial charge in [0, 0.05) is 23.1 Å². The number of ether oxygens (including phenoxy) is 2. The largest absolute Gasteiger partial charge is 0.497 e. The van der Waals surface area contributed by atoms with Crippen molar-refractivity contribution in [2.24, 2.45) is 0 Å². The molecule has 4 heteroatoms. The van der Waals surface area contributed by atoms with Gasteiger partial charge < -0.3 is 13.9 Å². The highest BCUT2D eigenvalue weighted by atomic mass is 16.5. The first kappa shape index (κ1) is 16.4. The minimum atomic E-state index is -0.419. The van der Waals surface area contributed by atoms with Crippen molar-refractivity contribution in [3.63, 3.8) is 0 Å². The lowest BCUT2D eigenvalue weighted by molar-refractivity contribution is 0.369. The first-order chi connectivity index (χ1) is 12.2. The number of para-hydroxylation sites is 1. The van der Waals surface area contributed by atoms with E-state index in [0.29, 0.717) is 17.1 Å². The molecule has 0 aliphatic heterocycles. The Morgan fingerprint density at radius 2 is 1.92 bits per heavy atom. The molecular weight excluding hydrogens is 316 g/mol. The fourth-order valence-electron chi connectivity index (χ4n) is 2.48. The van der Waals surface area contributed by atoms with Crippen LogP contribution in [0, 0.1) is 12.3 Å². The molecule has 3 rings (SSSR count). The lowest BCUT2D eigenvalue weighted by atomic mass is 10.1. The second-order valence-corrected chi connectivity index (χ2v) is 5.25. The van der Waals surface area contributed by atoms with E-state index in [0.717, 1.165) is 16.5 Å². The molecule has 0 saturated heterocycles. The van der Waals surface area contributed by atoms with Crippen molar-refractivity contribution in [3.05, 3.63) is 70.1 Å². The molecule has 0 aliphatic rings. The molecule has 1 aromatic heterocycles. The van der Waals surface area contributed by atoms with E-state index in [1.54, 1.807) is 13.2 Å². The van der Waals surface area contributed by atoms with Crippen molar-refractivity contribution < 1.29 is 13.9 Å². The Balaban J connectivity index is 2.02. The number of fused-ring (bicyclic) bond motifs is 1. The van der Waals surface area contributed by atoms with Gasteiger partial charge in [0.25, 0.3) is 0 Å². The first-order valence-electron chi connectivity index (χ1n) is 7.66. The third-order valence-electron chi connectivity index (χ3n) is 3.66. The molecule has 1 heterocycles. The van der Waals surface area contributed by atoms with Gasteiger partial charge in [-0.15, -0.1) is 6.42 Å². The maximum Gasteiger partial charge on any atom is 0.336 e. The molecule has 0 fully saturated rings. The van der Waals surface area contributed by atoms with E-state index in [1.165, 1.54) is 6.07 Å². The van der Waals surface area contributed by atoms with Gasteiger partial charge in [0.2, 0.25) is 0 Å². The Morgan fingerprint density at radius 1 is 1.12 bits per heavy atom. The number of rotatable bonds is 5. The summed E-state index contributed by atoms with van der Waals surface area (Å²) >= 11 is 0. The van der Waals surface area contributed by atoms with Crippen molar-refractivity contribution in [1.82, 2.24) is 0 Å². The standard InChI is InChI=1S/C21H16O4/c1-3-12-24-19-7-5-4-6-15(19)8-9-16-13-21(22)25-20-14-17(23-2)10-11-18(16)20/h1,4-11,13-14H,12H2,2H3/b9-8+. The molecule has 0 N–H and O–H groups in total. The molecule has 4 nitrogen and oxygen atoms in total. The summed E-state index contributed by atoms with van der Waals surface area (Å²) in [4.78, 5) is 11.8. The fourth-order valence-corrected chi connectivity index (χ4v) is 2.48. The maximum atomic E-state index is 11.8. The number of hydrogen-bond acceptors (Lipinski definition) is 4. The molecule has 3 aromatic rings. The quantitative estimate of drug-likeness (QED) is 0.524. The van der Waals surface area contributed by atoms with E-state index in [1.807, 2.05) is 48.6 Å². The third-order valence-corrected chi connectivity index (χ3v) is 3.66. The van der Waals surface area contributed by atoms with E-state index in [-0.39, 0.29) is 6.61 Å². The minimum Gasteiger partial charge on any atom is -0.497 e. The summed E-state index contributed by atoms with van der Waals surface area (Å²) in [6, 6.07) is 14.4. The van der Waals surface area contributed by atoms with Crippen LogP contribution in [0.1, 0.15) is 11.1 Å². The Kier molecular flexibility index (Phi) is 4.87. The van der Waals surface area contributed by atoms with Crippen LogP contribution in [-0.2, 0) is 0 Å². The normalized spacial score (nSPS) is 10.7. The van der Waals surface area contributed by atoms with Crippen molar-refractivity contribution in [2.75, 3.05) is 13.7 Å². The SMILES string of the molecule is C#CCOc1ccccc1/C=C/c1cc(=O)oc2cc(OC)ccc12. The summed E-state index contributed by atoms with van der Waals surface area (Å²) in [5.74, 6) is 3.76. The molecular formula is C21H16O4. The monoisotopic (exact) mass is 332 g/mol. The van der Waals surface area contributed by atoms with Gasteiger partial charge in [-0.25, -0.2) is 4.79 Å². The van der Waals surface area contributed by atoms with Crippen LogP contribution in [0.15, 0.2) is 57.7 Å². The van der Waals surface area contributed by atoms with Crippen LogP contribution in [0.3, 0.4) is 0 Å². The predicted molar refractivity (Wildman–Crippen MR) is 98.7 cm³/mol. The number of methoxy groups -OCH3 is 1. The van der Waals surface area contributed by atoms with E-state index in [2.05, 4.69) is 5.92 Å². The lowest BCUT2D eigenvalue weighted by Crippen LogP contribution is -1.98. The molecule has 0 spiro atoms. The lowest BCUT2D eigenvalue weighted by Gasteiger charge is -2.06. The summed E-state index contributed by atoms with van der Waals surface area (Å²) < 4.78 is 16.0. The van der Waals surface area contributed by atoms with Crippen LogP contribution in [0.4, 0.5) is 0 Å². The van der Waals surface area contributed by atoms with E-state index >= 15 is 0 Å². The van der Waals surface area contributed by atoms with Gasteiger partial charge in [-0.1, -0.05) is 36.3 Å². The zero-order valence-electron chi connectivity index (χ0n) is 13.7. The van der Waals surface area contributed by atoms with E-state index < -0.39 is 5.63 Å². The topological polar surface area (TPSA) is 48.7 Å². The van der Waals surface area contributed by atoms with Crippen LogP contribution < -0.4 is 15.1 Å². The van der Waals surface area contributed by atoms with Gasteiger partial charge in [0.1, 0.15) is 23.7 Å². The Morgan fingerprint density at radius 3 is 2.72 bits per heavy atom. The molecule has 0 bridgehead atoms. The van der Waals surface area contributed by atoms with Crippen molar-refractivity contribution in [2.45, 2.75) is 0 Å². The van der Waals surface area contributed by atoms with Crippen LogP contribution >= 0.6 is 0 Å². The molecule has 25 heavy (non-hydrogen) atoms. The van der Waals surface area contributed by atoms with Gasteiger partial charge in [-0.3, -0.25) is 0 Å². The zero-order valence-corrected chi connectivity index (χ0v) is 13.7. The summed E-state index contributed by atoms with van der Waals surface area (Å²) in [6.45, 7) is 0.197. The van der Waals surface area contributed by atoms with Crippen LogP contribution in [0.5, 0.6) is 11.5 Å². The zero-order chi connectivity index (χ0) is 17.6. The van der Waals surface area contributed by atoms with Gasteiger partial charge in [0.15, 0.2) is 0 Å². The van der Waals surface area contributed by atoms with Crippen LogP contribution in [0.2, 0.25) is 0 Å². The van der Waals surface area contributed by atoms with Crippen molar-refractivity contribution in [1.29, 1.82) is 0 Å². The molecule has 0 aliphatic carbocycles. The molecule has 2 aromatic carbocycles. The molecule has 124 valence electrons. The summed E-state index contributed by atoms with van der Waals surface area (Å²) in [5, 5.41) is 0.818. The second kappa shape index (κ2) is 7.41. The predicted octanol–water partition coefficient (Wildman–Crippen LogP) is 3.98. The molecule has 0 saturated carbocycles. The van der Waals surface area contributed by atoms with Crippen LogP contribution in [-0.4, -0.2) is 13.7 Å². The second-order valence-electron chi connectivity index (χ2n) is 5.25. The molecule has 0 amide bonds. The smallest absolute Gasteiger partial charge is 0.336 e.